The van der Waals surface area contributed by atoms with E-state index in [1.165, 1.54) is 22.2 Å². The van der Waals surface area contributed by atoms with Gasteiger partial charge in [0.25, 0.3) is 0 Å². The molecule has 0 saturated heterocycles. The molecule has 0 aliphatic heterocycles. The molecule has 0 aliphatic rings. The maximum absolute atomic E-state index is 12.0. The molecule has 0 spiro atoms. The molecular weight excluding hydrogens is 236 g/mol. The van der Waals surface area contributed by atoms with Crippen molar-refractivity contribution in [3.63, 3.8) is 0 Å². The third-order valence-electron chi connectivity index (χ3n) is 3.64. The van der Waals surface area contributed by atoms with Gasteiger partial charge in [0.05, 0.1) is 0 Å². The summed E-state index contributed by atoms with van der Waals surface area (Å²) < 4.78 is 2.17. The normalized spacial score (nSPS) is 11.8. The Bertz CT molecular complexity index is 617. The van der Waals surface area contributed by atoms with Crippen molar-refractivity contribution in [3.8, 4) is 0 Å². The number of hydrogen-bond donors (Lipinski definition) is 1. The highest BCUT2D eigenvalue weighted by Crippen LogP contribution is 2.24. The Hall–Kier alpha value is -1.77. The van der Waals surface area contributed by atoms with Gasteiger partial charge in [-0.15, -0.1) is 0 Å². The van der Waals surface area contributed by atoms with E-state index in [0.29, 0.717) is 6.54 Å². The van der Waals surface area contributed by atoms with E-state index in [4.69, 9.17) is 0 Å². The number of aryl methyl sites for hydroxylation is 1. The summed E-state index contributed by atoms with van der Waals surface area (Å²) in [5, 5.41) is 4.25. The Balaban J connectivity index is 2.31. The predicted octanol–water partition coefficient (Wildman–Crippen LogP) is 3.15. The minimum absolute atomic E-state index is 0.0832. The van der Waals surface area contributed by atoms with E-state index >= 15 is 0 Å². The molecule has 0 fully saturated rings. The van der Waals surface area contributed by atoms with Crippen LogP contribution in [0.3, 0.4) is 0 Å². The number of aromatic nitrogens is 1. The van der Waals surface area contributed by atoms with Crippen molar-refractivity contribution in [2.45, 2.75) is 34.2 Å². The number of carbonyl (C=O) groups is 1. The summed E-state index contributed by atoms with van der Waals surface area (Å²) in [6.45, 7) is 8.47. The number of nitrogens with zero attached hydrogens (tertiary/aromatic N) is 1. The first kappa shape index (κ1) is 13.7. The van der Waals surface area contributed by atoms with Crippen LogP contribution in [0, 0.1) is 12.3 Å². The molecule has 0 atom stereocenters. The molecule has 1 heterocycles. The third-order valence-corrected chi connectivity index (χ3v) is 3.64. The lowest BCUT2D eigenvalue weighted by Crippen LogP contribution is -2.34. The third kappa shape index (κ3) is 2.50. The second-order valence-electron chi connectivity index (χ2n) is 6.07. The van der Waals surface area contributed by atoms with E-state index in [0.717, 1.165) is 0 Å². The van der Waals surface area contributed by atoms with Gasteiger partial charge in [-0.3, -0.25) is 4.79 Å². The monoisotopic (exact) mass is 258 g/mol. The Morgan fingerprint density at radius 3 is 2.53 bits per heavy atom. The zero-order valence-electron chi connectivity index (χ0n) is 12.4. The second kappa shape index (κ2) is 4.72. The van der Waals surface area contributed by atoms with Crippen LogP contribution in [0.25, 0.3) is 10.9 Å². The minimum atomic E-state index is -0.349. The number of amides is 1. The lowest BCUT2D eigenvalue weighted by molar-refractivity contribution is -0.128. The van der Waals surface area contributed by atoms with Crippen molar-refractivity contribution in [3.05, 3.63) is 35.5 Å². The molecule has 2 rings (SSSR count). The van der Waals surface area contributed by atoms with Crippen LogP contribution < -0.4 is 5.32 Å². The zero-order valence-corrected chi connectivity index (χ0v) is 12.4. The molecule has 0 saturated carbocycles. The molecule has 3 nitrogen and oxygen atoms in total. The molecule has 0 bridgehead atoms. The van der Waals surface area contributed by atoms with E-state index < -0.39 is 0 Å². The van der Waals surface area contributed by atoms with Crippen LogP contribution in [-0.2, 0) is 18.4 Å². The second-order valence-corrected chi connectivity index (χ2v) is 6.07. The molecule has 1 amide bonds. The van der Waals surface area contributed by atoms with Gasteiger partial charge in [0.15, 0.2) is 0 Å². The zero-order chi connectivity index (χ0) is 14.2. The number of nitrogens with one attached hydrogen (secondary N) is 1. The molecule has 0 radical (unpaired) electrons. The summed E-state index contributed by atoms with van der Waals surface area (Å²) in [4.78, 5) is 12.0. The van der Waals surface area contributed by atoms with Gasteiger partial charge in [0, 0.05) is 35.6 Å². The Morgan fingerprint density at radius 2 is 1.89 bits per heavy atom. The number of benzene rings is 1. The van der Waals surface area contributed by atoms with Crippen LogP contribution in [0.15, 0.2) is 24.3 Å². The van der Waals surface area contributed by atoms with E-state index in [1.807, 2.05) is 32.9 Å². The Morgan fingerprint density at radius 1 is 1.26 bits per heavy atom. The van der Waals surface area contributed by atoms with Gasteiger partial charge in [-0.05, 0) is 18.6 Å². The van der Waals surface area contributed by atoms with Crippen LogP contribution in [0.1, 0.15) is 32.0 Å². The summed E-state index contributed by atoms with van der Waals surface area (Å²) in [7, 11) is 2.06. The number of carbonyl (C=O) groups excluding carboxylic acids is 1. The van der Waals surface area contributed by atoms with Gasteiger partial charge >= 0.3 is 0 Å². The molecular formula is C16H22N2O. The average Bonchev–Trinajstić information content (AvgIpc) is 2.59. The Labute approximate surface area is 114 Å². The van der Waals surface area contributed by atoms with Crippen molar-refractivity contribution >= 4 is 16.8 Å². The first-order valence-corrected chi connectivity index (χ1v) is 6.63. The molecule has 3 heteroatoms. The lowest BCUT2D eigenvalue weighted by atomic mass is 9.95. The topological polar surface area (TPSA) is 34.0 Å². The van der Waals surface area contributed by atoms with Gasteiger partial charge in [-0.25, -0.2) is 0 Å². The molecule has 0 unspecified atom stereocenters. The maximum Gasteiger partial charge on any atom is 0.225 e. The van der Waals surface area contributed by atoms with Gasteiger partial charge in [0.2, 0.25) is 5.91 Å². The molecule has 0 aliphatic carbocycles. The van der Waals surface area contributed by atoms with Crippen LogP contribution in [-0.4, -0.2) is 10.5 Å². The summed E-state index contributed by atoms with van der Waals surface area (Å²) in [5.74, 6) is 0.0832. The maximum atomic E-state index is 12.0. The largest absolute Gasteiger partial charge is 0.351 e. The minimum Gasteiger partial charge on any atom is -0.351 e. The molecule has 19 heavy (non-hydrogen) atoms. The Kier molecular flexibility index (Phi) is 3.40. The number of hydrogen-bond acceptors (Lipinski definition) is 1. The predicted molar refractivity (Wildman–Crippen MR) is 79.0 cm³/mol. The highest BCUT2D eigenvalue weighted by Gasteiger charge is 2.21. The van der Waals surface area contributed by atoms with Gasteiger partial charge < -0.3 is 9.88 Å². The molecule has 2 aromatic rings. The summed E-state index contributed by atoms with van der Waals surface area (Å²) in [5.41, 5.74) is 3.27. The fraction of sp³-hybridized carbons (Fsp3) is 0.438. The van der Waals surface area contributed by atoms with E-state index in [1.54, 1.807) is 0 Å². The van der Waals surface area contributed by atoms with Gasteiger partial charge in [-0.1, -0.05) is 39.0 Å². The lowest BCUT2D eigenvalue weighted by Gasteiger charge is -2.17. The average molecular weight is 258 g/mol. The van der Waals surface area contributed by atoms with Crippen LogP contribution in [0.4, 0.5) is 0 Å². The number of fused-ring (bicyclic) bond motifs is 1. The van der Waals surface area contributed by atoms with Crippen molar-refractivity contribution in [2.75, 3.05) is 0 Å². The first-order valence-electron chi connectivity index (χ1n) is 6.63. The number of para-hydroxylation sites is 1. The van der Waals surface area contributed by atoms with Crippen molar-refractivity contribution in [2.24, 2.45) is 12.5 Å². The summed E-state index contributed by atoms with van der Waals surface area (Å²) >= 11 is 0. The summed E-state index contributed by atoms with van der Waals surface area (Å²) in [6, 6.07) is 8.30. The van der Waals surface area contributed by atoms with E-state index in [9.17, 15) is 4.79 Å². The first-order chi connectivity index (χ1) is 8.82. The van der Waals surface area contributed by atoms with Crippen LogP contribution in [0.2, 0.25) is 0 Å². The highest BCUT2D eigenvalue weighted by atomic mass is 16.2. The smallest absolute Gasteiger partial charge is 0.225 e. The summed E-state index contributed by atoms with van der Waals surface area (Å²) in [6.07, 6.45) is 0. The number of rotatable bonds is 2. The van der Waals surface area contributed by atoms with E-state index in [-0.39, 0.29) is 11.3 Å². The van der Waals surface area contributed by atoms with Gasteiger partial charge in [0.1, 0.15) is 0 Å². The van der Waals surface area contributed by atoms with Crippen molar-refractivity contribution in [1.82, 2.24) is 9.88 Å². The molecule has 1 N–H and O–H groups in total. The van der Waals surface area contributed by atoms with Crippen molar-refractivity contribution in [1.29, 1.82) is 0 Å². The quantitative estimate of drug-likeness (QED) is 0.882. The molecule has 102 valence electrons. The highest BCUT2D eigenvalue weighted by molar-refractivity contribution is 5.86. The fourth-order valence-corrected chi connectivity index (χ4v) is 2.26. The SMILES string of the molecule is Cc1c(CNC(=O)C(C)(C)C)c2ccccc2n1C. The molecule has 1 aromatic carbocycles. The molecule has 1 aromatic heterocycles. The standard InChI is InChI=1S/C16H22N2O/c1-11-13(10-17-15(19)16(2,3)4)12-8-6-7-9-14(12)18(11)5/h6-9H,10H2,1-5H3,(H,17,19). The van der Waals surface area contributed by atoms with E-state index in [2.05, 4.69) is 36.0 Å². The fourth-order valence-electron chi connectivity index (χ4n) is 2.26. The van der Waals surface area contributed by atoms with Crippen LogP contribution in [0.5, 0.6) is 0 Å². The van der Waals surface area contributed by atoms with Crippen LogP contribution >= 0.6 is 0 Å². The van der Waals surface area contributed by atoms with Gasteiger partial charge in [-0.2, -0.15) is 0 Å². The van der Waals surface area contributed by atoms with Crippen molar-refractivity contribution < 1.29 is 4.79 Å².